The van der Waals surface area contributed by atoms with Crippen molar-refractivity contribution < 1.29 is 27.9 Å². The number of rotatable bonds is 9. The molecule has 0 aliphatic carbocycles. The topological polar surface area (TPSA) is 153 Å². The molecule has 3 heterocycles. The summed E-state index contributed by atoms with van der Waals surface area (Å²) in [6.07, 6.45) is -1.06. The molecule has 4 atom stereocenters. The summed E-state index contributed by atoms with van der Waals surface area (Å²) >= 11 is 0. The van der Waals surface area contributed by atoms with Crippen LogP contribution in [-0.2, 0) is 18.3 Å². The lowest BCUT2D eigenvalue weighted by Crippen LogP contribution is -2.51. The third kappa shape index (κ3) is 7.04. The molecule has 0 spiro atoms. The molecular weight excluding hydrogens is 597 g/mol. The predicted molar refractivity (Wildman–Crippen MR) is 173 cm³/mol. The summed E-state index contributed by atoms with van der Waals surface area (Å²) in [5, 5.41) is 2.64. The van der Waals surface area contributed by atoms with Crippen molar-refractivity contribution >= 4 is 45.6 Å². The number of primary amides is 1. The third-order valence-electron chi connectivity index (χ3n) is 9.09. The Labute approximate surface area is 261 Å². The maximum absolute atomic E-state index is 12.9. The number of hydrogen-bond donors (Lipinski definition) is 2. The van der Waals surface area contributed by atoms with Gasteiger partial charge in [-0.25, -0.2) is 19.7 Å². The second-order valence-corrected chi connectivity index (χ2v) is 23.8. The van der Waals surface area contributed by atoms with E-state index >= 15 is 0 Å². The van der Waals surface area contributed by atoms with Crippen LogP contribution < -0.4 is 11.1 Å². The minimum Gasteiger partial charge on any atom is -0.441 e. The summed E-state index contributed by atoms with van der Waals surface area (Å²) < 4.78 is 27.6. The van der Waals surface area contributed by atoms with E-state index in [-0.39, 0.29) is 28.4 Å². The van der Waals surface area contributed by atoms with E-state index in [0.29, 0.717) is 16.7 Å². The maximum Gasteiger partial charge on any atom is 0.404 e. The van der Waals surface area contributed by atoms with Crippen LogP contribution in [0.4, 0.5) is 10.6 Å². The molecule has 240 valence electrons. The van der Waals surface area contributed by atoms with Crippen LogP contribution in [0.25, 0.3) is 11.2 Å². The third-order valence-corrected chi connectivity index (χ3v) is 18.1. The number of aromatic nitrogens is 4. The number of anilines is 1. The molecule has 1 aliphatic heterocycles. The first-order valence-electron chi connectivity index (χ1n) is 14.8. The van der Waals surface area contributed by atoms with Gasteiger partial charge in [0.25, 0.3) is 5.91 Å². The Morgan fingerprint density at radius 3 is 2.18 bits per heavy atom. The molecule has 4 rings (SSSR count). The standard InChI is InChI=1S/C30H46N6O6Si2/c1-29(2,3)43(7,8)39-16-20-22(41-28(31)38)23(42-44(9,10)30(4,5)6)27(40-20)36-18-34-21-24(32-17-33-25(21)36)35-26(37)19-14-12-11-13-15-19/h11-15,17-18,20,22-23,27H,16H2,1-10H3,(H2,31,38)(H,32,33,35,37). The Morgan fingerprint density at radius 2 is 1.59 bits per heavy atom. The Balaban J connectivity index is 1.75. The zero-order valence-electron chi connectivity index (χ0n) is 27.4. The van der Waals surface area contributed by atoms with Gasteiger partial charge in [0.05, 0.1) is 12.9 Å². The van der Waals surface area contributed by atoms with Crippen molar-refractivity contribution in [1.29, 1.82) is 0 Å². The van der Waals surface area contributed by atoms with Crippen LogP contribution in [0.15, 0.2) is 43.0 Å². The van der Waals surface area contributed by atoms with E-state index in [1.165, 1.54) is 6.33 Å². The highest BCUT2D eigenvalue weighted by molar-refractivity contribution is 6.74. The number of carbonyl (C=O) groups excluding carboxylic acids is 2. The zero-order valence-corrected chi connectivity index (χ0v) is 29.4. The number of ether oxygens (including phenoxy) is 2. The number of amides is 2. The fourth-order valence-electron chi connectivity index (χ4n) is 4.39. The second kappa shape index (κ2) is 12.3. The van der Waals surface area contributed by atoms with Gasteiger partial charge >= 0.3 is 6.09 Å². The number of nitrogens with two attached hydrogens (primary N) is 1. The van der Waals surface area contributed by atoms with Crippen LogP contribution in [-0.4, -0.2) is 73.1 Å². The Kier molecular flexibility index (Phi) is 9.43. The van der Waals surface area contributed by atoms with Gasteiger partial charge in [0.1, 0.15) is 18.5 Å². The fraction of sp³-hybridized carbons (Fsp3) is 0.567. The largest absolute Gasteiger partial charge is 0.441 e. The van der Waals surface area contributed by atoms with Crippen LogP contribution in [0, 0.1) is 0 Å². The quantitative estimate of drug-likeness (QED) is 0.274. The molecule has 0 saturated carbocycles. The van der Waals surface area contributed by atoms with Gasteiger partial charge in [-0.05, 0) is 48.4 Å². The molecule has 2 aromatic heterocycles. The SMILES string of the molecule is CC(C)(C)[Si](C)(C)OCC1OC(n2cnc3c(NC(=O)c4ccccc4)ncnc32)C(O[Si](C)(C)C(C)(C)C)C1OC(N)=O. The van der Waals surface area contributed by atoms with Crippen molar-refractivity contribution in [3.8, 4) is 0 Å². The van der Waals surface area contributed by atoms with E-state index in [1.54, 1.807) is 35.2 Å². The van der Waals surface area contributed by atoms with Crippen LogP contribution >= 0.6 is 0 Å². The lowest BCUT2D eigenvalue weighted by atomic mass is 10.1. The zero-order chi connectivity index (χ0) is 32.7. The highest BCUT2D eigenvalue weighted by Gasteiger charge is 2.54. The van der Waals surface area contributed by atoms with Crippen LogP contribution in [0.2, 0.25) is 36.3 Å². The first-order valence-corrected chi connectivity index (χ1v) is 20.6. The minimum absolute atomic E-state index is 0.0415. The van der Waals surface area contributed by atoms with E-state index < -0.39 is 47.3 Å². The molecular formula is C30H46N6O6Si2. The van der Waals surface area contributed by atoms with Crippen molar-refractivity contribution in [3.05, 3.63) is 48.5 Å². The maximum atomic E-state index is 12.9. The van der Waals surface area contributed by atoms with Gasteiger partial charge in [-0.3, -0.25) is 9.36 Å². The Morgan fingerprint density at radius 1 is 0.955 bits per heavy atom. The molecule has 1 fully saturated rings. The molecule has 3 aromatic rings. The average Bonchev–Trinajstić information content (AvgIpc) is 3.48. The second-order valence-electron chi connectivity index (χ2n) is 14.2. The molecule has 1 saturated heterocycles. The normalized spacial score (nSPS) is 21.4. The molecule has 44 heavy (non-hydrogen) atoms. The van der Waals surface area contributed by atoms with Gasteiger partial charge in [0.2, 0.25) is 0 Å². The van der Waals surface area contributed by atoms with Gasteiger partial charge in [0, 0.05) is 5.56 Å². The Hall–Kier alpha value is -3.18. The van der Waals surface area contributed by atoms with Crippen molar-refractivity contribution in [2.24, 2.45) is 5.73 Å². The molecule has 0 radical (unpaired) electrons. The van der Waals surface area contributed by atoms with Crippen LogP contribution in [0.3, 0.4) is 0 Å². The van der Waals surface area contributed by atoms with Crippen molar-refractivity contribution in [2.45, 2.75) is 102 Å². The first kappa shape index (κ1) is 33.7. The Bertz CT molecular complexity index is 1480. The highest BCUT2D eigenvalue weighted by atomic mass is 28.4. The summed E-state index contributed by atoms with van der Waals surface area (Å²) in [6, 6.07) is 8.84. The van der Waals surface area contributed by atoms with E-state index in [2.05, 4.69) is 88.0 Å². The lowest BCUT2D eigenvalue weighted by Gasteiger charge is -2.40. The molecule has 0 bridgehead atoms. The summed E-state index contributed by atoms with van der Waals surface area (Å²) in [4.78, 5) is 38.5. The summed E-state index contributed by atoms with van der Waals surface area (Å²) in [5.41, 5.74) is 6.87. The van der Waals surface area contributed by atoms with Crippen molar-refractivity contribution in [2.75, 3.05) is 11.9 Å². The van der Waals surface area contributed by atoms with Gasteiger partial charge in [-0.2, -0.15) is 0 Å². The van der Waals surface area contributed by atoms with Crippen LogP contribution in [0.5, 0.6) is 0 Å². The van der Waals surface area contributed by atoms with E-state index in [9.17, 15) is 9.59 Å². The fourth-order valence-corrected chi connectivity index (χ4v) is 6.69. The minimum atomic E-state index is -2.44. The number of hydrogen-bond acceptors (Lipinski definition) is 9. The average molecular weight is 643 g/mol. The van der Waals surface area contributed by atoms with Gasteiger partial charge in [0.15, 0.2) is 45.9 Å². The molecule has 4 unspecified atom stereocenters. The number of nitrogens with zero attached hydrogens (tertiary/aromatic N) is 4. The molecule has 3 N–H and O–H groups in total. The van der Waals surface area contributed by atoms with E-state index in [1.807, 2.05) is 6.07 Å². The number of benzene rings is 1. The van der Waals surface area contributed by atoms with Crippen molar-refractivity contribution in [3.63, 3.8) is 0 Å². The highest BCUT2D eigenvalue weighted by Crippen LogP contribution is 2.44. The van der Waals surface area contributed by atoms with E-state index in [0.717, 1.165) is 0 Å². The molecule has 1 aromatic carbocycles. The summed E-state index contributed by atoms with van der Waals surface area (Å²) in [5.74, 6) is -0.0700. The van der Waals surface area contributed by atoms with E-state index in [4.69, 9.17) is 24.1 Å². The number of imidazole rings is 1. The van der Waals surface area contributed by atoms with Gasteiger partial charge < -0.3 is 29.4 Å². The number of nitrogens with one attached hydrogen (secondary N) is 1. The van der Waals surface area contributed by atoms with Gasteiger partial charge in [-0.1, -0.05) is 59.7 Å². The molecule has 14 heteroatoms. The monoisotopic (exact) mass is 642 g/mol. The molecule has 2 amide bonds. The summed E-state index contributed by atoms with van der Waals surface area (Å²) in [7, 11) is -4.63. The molecule has 12 nitrogen and oxygen atoms in total. The lowest BCUT2D eigenvalue weighted by molar-refractivity contribution is -0.0481. The molecule has 1 aliphatic rings. The summed E-state index contributed by atoms with van der Waals surface area (Å²) in [6.45, 7) is 21.6. The number of carbonyl (C=O) groups is 2. The predicted octanol–water partition coefficient (Wildman–Crippen LogP) is 5.85. The number of fused-ring (bicyclic) bond motifs is 1. The smallest absolute Gasteiger partial charge is 0.404 e. The van der Waals surface area contributed by atoms with Crippen molar-refractivity contribution in [1.82, 2.24) is 19.5 Å². The van der Waals surface area contributed by atoms with Gasteiger partial charge in [-0.15, -0.1) is 0 Å². The van der Waals surface area contributed by atoms with Crippen LogP contribution in [0.1, 0.15) is 58.1 Å². The first-order chi connectivity index (χ1) is 20.3.